The molecule has 114 valence electrons. The molecule has 0 atom stereocenters. The largest absolute Gasteiger partial charge is 0.416 e. The van der Waals surface area contributed by atoms with E-state index in [1.807, 2.05) is 6.07 Å². The summed E-state index contributed by atoms with van der Waals surface area (Å²) >= 11 is 0. The lowest BCUT2D eigenvalue weighted by molar-refractivity contribution is -0.137. The highest BCUT2D eigenvalue weighted by atomic mass is 19.4. The summed E-state index contributed by atoms with van der Waals surface area (Å²) in [4.78, 5) is 0. The van der Waals surface area contributed by atoms with Crippen LogP contribution < -0.4 is 5.32 Å². The molecule has 0 aromatic heterocycles. The Morgan fingerprint density at radius 3 is 2.57 bits per heavy atom. The molecule has 2 rings (SSSR count). The van der Waals surface area contributed by atoms with Gasteiger partial charge in [-0.25, -0.2) is 0 Å². The molecule has 1 N–H and O–H groups in total. The standard InChI is InChI=1S/C16H19F3N2/c17-16(18,19)14-7-8-15(13(10-14)11-20)21-9-3-6-12-4-1-2-5-12/h7-8,10,12,21H,1-6,9H2. The fourth-order valence-electron chi connectivity index (χ4n) is 2.88. The molecule has 0 saturated heterocycles. The van der Waals surface area contributed by atoms with Crippen molar-refractivity contribution in [2.24, 2.45) is 5.92 Å². The Hall–Kier alpha value is -1.70. The van der Waals surface area contributed by atoms with E-state index in [1.165, 1.54) is 31.7 Å². The molecule has 0 radical (unpaired) electrons. The molecule has 1 saturated carbocycles. The highest BCUT2D eigenvalue weighted by Crippen LogP contribution is 2.32. The van der Waals surface area contributed by atoms with Crippen molar-refractivity contribution in [1.29, 1.82) is 5.26 Å². The number of nitriles is 1. The van der Waals surface area contributed by atoms with E-state index in [9.17, 15) is 13.2 Å². The van der Waals surface area contributed by atoms with E-state index >= 15 is 0 Å². The van der Waals surface area contributed by atoms with Crippen LogP contribution in [0.4, 0.5) is 18.9 Å². The average molecular weight is 296 g/mol. The van der Waals surface area contributed by atoms with Gasteiger partial charge in [0.25, 0.3) is 0 Å². The molecule has 5 heteroatoms. The topological polar surface area (TPSA) is 35.8 Å². The van der Waals surface area contributed by atoms with E-state index in [0.29, 0.717) is 12.2 Å². The second-order valence-corrected chi connectivity index (χ2v) is 5.59. The zero-order chi connectivity index (χ0) is 15.3. The number of benzene rings is 1. The van der Waals surface area contributed by atoms with Crippen LogP contribution in [0.3, 0.4) is 0 Å². The van der Waals surface area contributed by atoms with Crippen molar-refractivity contribution < 1.29 is 13.2 Å². The first-order valence-electron chi connectivity index (χ1n) is 7.36. The first-order chi connectivity index (χ1) is 10.0. The van der Waals surface area contributed by atoms with E-state index in [4.69, 9.17) is 5.26 Å². The maximum Gasteiger partial charge on any atom is 0.416 e. The number of hydrogen-bond donors (Lipinski definition) is 1. The normalized spacial score (nSPS) is 15.9. The number of alkyl halides is 3. The van der Waals surface area contributed by atoms with Crippen LogP contribution in [0.1, 0.15) is 49.7 Å². The van der Waals surface area contributed by atoms with E-state index in [2.05, 4.69) is 5.32 Å². The molecule has 1 aliphatic carbocycles. The Kier molecular flexibility index (Phi) is 5.11. The first-order valence-corrected chi connectivity index (χ1v) is 7.36. The zero-order valence-corrected chi connectivity index (χ0v) is 11.8. The lowest BCUT2D eigenvalue weighted by atomic mass is 10.0. The van der Waals surface area contributed by atoms with Gasteiger partial charge in [-0.15, -0.1) is 0 Å². The van der Waals surface area contributed by atoms with Crippen molar-refractivity contribution >= 4 is 5.69 Å². The smallest absolute Gasteiger partial charge is 0.384 e. The minimum atomic E-state index is -4.41. The number of nitrogens with zero attached hydrogens (tertiary/aromatic N) is 1. The fraction of sp³-hybridized carbons (Fsp3) is 0.562. The van der Waals surface area contributed by atoms with Gasteiger partial charge in [0.1, 0.15) is 6.07 Å². The van der Waals surface area contributed by atoms with Crippen LogP contribution in [0.25, 0.3) is 0 Å². The Labute approximate surface area is 123 Å². The van der Waals surface area contributed by atoms with Gasteiger partial charge in [0.05, 0.1) is 16.8 Å². The molecule has 1 aromatic carbocycles. The minimum absolute atomic E-state index is 0.0469. The molecule has 1 aromatic rings. The Morgan fingerprint density at radius 2 is 1.95 bits per heavy atom. The third-order valence-electron chi connectivity index (χ3n) is 4.05. The number of halogens is 3. The first kappa shape index (κ1) is 15.7. The predicted molar refractivity (Wildman–Crippen MR) is 75.8 cm³/mol. The summed E-state index contributed by atoms with van der Waals surface area (Å²) < 4.78 is 37.8. The average Bonchev–Trinajstić information content (AvgIpc) is 2.95. The maximum atomic E-state index is 12.6. The lowest BCUT2D eigenvalue weighted by Gasteiger charge is -2.13. The fourth-order valence-corrected chi connectivity index (χ4v) is 2.88. The Morgan fingerprint density at radius 1 is 1.24 bits per heavy atom. The Bertz CT molecular complexity index is 511. The van der Waals surface area contributed by atoms with Gasteiger partial charge in [-0.2, -0.15) is 18.4 Å². The highest BCUT2D eigenvalue weighted by molar-refractivity contribution is 5.58. The lowest BCUT2D eigenvalue weighted by Crippen LogP contribution is -2.08. The third-order valence-corrected chi connectivity index (χ3v) is 4.05. The summed E-state index contributed by atoms with van der Waals surface area (Å²) in [7, 11) is 0. The van der Waals surface area contributed by atoms with Crippen molar-refractivity contribution in [2.45, 2.75) is 44.7 Å². The van der Waals surface area contributed by atoms with Gasteiger partial charge in [-0.1, -0.05) is 25.7 Å². The van der Waals surface area contributed by atoms with Gasteiger partial charge in [0.15, 0.2) is 0 Å². The number of anilines is 1. The van der Waals surface area contributed by atoms with Crippen molar-refractivity contribution in [3.8, 4) is 6.07 Å². The molecular weight excluding hydrogens is 277 g/mol. The van der Waals surface area contributed by atoms with Crippen molar-refractivity contribution in [3.63, 3.8) is 0 Å². The molecule has 1 aliphatic rings. The SMILES string of the molecule is N#Cc1cc(C(F)(F)F)ccc1NCCCC1CCCC1. The van der Waals surface area contributed by atoms with Crippen LogP contribution in [-0.2, 0) is 6.18 Å². The van der Waals surface area contributed by atoms with Crippen LogP contribution in [0.15, 0.2) is 18.2 Å². The summed E-state index contributed by atoms with van der Waals surface area (Å²) in [6, 6.07) is 5.09. The highest BCUT2D eigenvalue weighted by Gasteiger charge is 2.31. The predicted octanol–water partition coefficient (Wildman–Crippen LogP) is 4.96. The molecule has 21 heavy (non-hydrogen) atoms. The summed E-state index contributed by atoms with van der Waals surface area (Å²) in [6.45, 7) is 0.691. The van der Waals surface area contributed by atoms with Gasteiger partial charge in [-0.3, -0.25) is 0 Å². The molecule has 1 fully saturated rings. The summed E-state index contributed by atoms with van der Waals surface area (Å²) in [5, 5.41) is 12.1. The second-order valence-electron chi connectivity index (χ2n) is 5.59. The molecular formula is C16H19F3N2. The quantitative estimate of drug-likeness (QED) is 0.779. The van der Waals surface area contributed by atoms with E-state index in [-0.39, 0.29) is 5.56 Å². The van der Waals surface area contributed by atoms with Crippen molar-refractivity contribution in [2.75, 3.05) is 11.9 Å². The summed E-state index contributed by atoms with van der Waals surface area (Å²) in [5.41, 5.74) is -0.252. The summed E-state index contributed by atoms with van der Waals surface area (Å²) in [6.07, 6.45) is 2.94. The molecule has 0 bridgehead atoms. The second kappa shape index (κ2) is 6.84. The van der Waals surface area contributed by atoms with Gasteiger partial charge in [-0.05, 0) is 37.0 Å². The van der Waals surface area contributed by atoms with Crippen molar-refractivity contribution in [3.05, 3.63) is 29.3 Å². The van der Waals surface area contributed by atoms with E-state index in [0.717, 1.165) is 30.9 Å². The molecule has 0 unspecified atom stereocenters. The van der Waals surface area contributed by atoms with E-state index < -0.39 is 11.7 Å². The van der Waals surface area contributed by atoms with Crippen molar-refractivity contribution in [1.82, 2.24) is 0 Å². The zero-order valence-electron chi connectivity index (χ0n) is 11.8. The molecule has 0 spiro atoms. The molecule has 0 aliphatic heterocycles. The van der Waals surface area contributed by atoms with Gasteiger partial charge >= 0.3 is 6.18 Å². The van der Waals surface area contributed by atoms with Crippen LogP contribution in [0, 0.1) is 17.2 Å². The van der Waals surface area contributed by atoms with E-state index in [1.54, 1.807) is 0 Å². The molecule has 0 heterocycles. The molecule has 0 amide bonds. The van der Waals surface area contributed by atoms with Crippen LogP contribution in [0.2, 0.25) is 0 Å². The van der Waals surface area contributed by atoms with Crippen LogP contribution >= 0.6 is 0 Å². The Balaban J connectivity index is 1.89. The third kappa shape index (κ3) is 4.38. The van der Waals surface area contributed by atoms with Crippen LogP contribution in [-0.4, -0.2) is 6.54 Å². The number of hydrogen-bond acceptors (Lipinski definition) is 2. The van der Waals surface area contributed by atoms with Gasteiger partial charge in [0, 0.05) is 6.54 Å². The maximum absolute atomic E-state index is 12.6. The minimum Gasteiger partial charge on any atom is -0.384 e. The summed E-state index contributed by atoms with van der Waals surface area (Å²) in [5.74, 6) is 0.801. The number of rotatable bonds is 5. The van der Waals surface area contributed by atoms with Gasteiger partial charge in [0.2, 0.25) is 0 Å². The monoisotopic (exact) mass is 296 g/mol. The van der Waals surface area contributed by atoms with Gasteiger partial charge < -0.3 is 5.32 Å². The number of nitrogens with one attached hydrogen (secondary N) is 1. The molecule has 2 nitrogen and oxygen atoms in total. The van der Waals surface area contributed by atoms with Crippen LogP contribution in [0.5, 0.6) is 0 Å².